The van der Waals surface area contributed by atoms with Crippen molar-refractivity contribution in [2.45, 2.75) is 64.6 Å². The predicted octanol–water partition coefficient (Wildman–Crippen LogP) is 5.28. The van der Waals surface area contributed by atoms with E-state index in [9.17, 15) is 4.79 Å². The van der Waals surface area contributed by atoms with Crippen LogP contribution in [0.15, 0.2) is 37.2 Å². The third kappa shape index (κ3) is 4.98. The highest BCUT2D eigenvalue weighted by molar-refractivity contribution is 6.07. The van der Waals surface area contributed by atoms with Crippen LogP contribution in [0, 0.1) is 11.8 Å². The number of hydrogen-bond donors (Lipinski definition) is 0. The van der Waals surface area contributed by atoms with Crippen LogP contribution >= 0.6 is 0 Å². The van der Waals surface area contributed by atoms with E-state index in [4.69, 9.17) is 9.47 Å². The second-order valence-electron chi connectivity index (χ2n) is 9.36. The molecule has 0 N–H and O–H groups in total. The summed E-state index contributed by atoms with van der Waals surface area (Å²) in [5.74, 6) is 2.34. The molecule has 1 aromatic carbocycles. The Labute approximate surface area is 186 Å². The Morgan fingerprint density at radius 1 is 1.32 bits per heavy atom. The number of ether oxygens (including phenoxy) is 2. The van der Waals surface area contributed by atoms with Crippen LogP contribution < -0.4 is 4.74 Å². The first kappa shape index (κ1) is 21.9. The molecule has 2 fully saturated rings. The second kappa shape index (κ2) is 9.47. The Morgan fingerprint density at radius 2 is 2.13 bits per heavy atom. The topological polar surface area (TPSA) is 43.7 Å². The molecule has 2 saturated carbocycles. The van der Waals surface area contributed by atoms with Crippen LogP contribution in [0.4, 0.5) is 0 Å². The van der Waals surface area contributed by atoms with E-state index in [1.807, 2.05) is 30.6 Å². The van der Waals surface area contributed by atoms with Gasteiger partial charge in [-0.15, -0.1) is 0 Å². The monoisotopic (exact) mass is 424 g/mol. The van der Waals surface area contributed by atoms with Gasteiger partial charge in [-0.1, -0.05) is 13.5 Å². The summed E-state index contributed by atoms with van der Waals surface area (Å²) in [4.78, 5) is 14.5. The maximum absolute atomic E-state index is 12.1. The van der Waals surface area contributed by atoms with Crippen molar-refractivity contribution in [2.75, 3.05) is 20.3 Å². The zero-order valence-electron chi connectivity index (χ0n) is 19.2. The average Bonchev–Trinajstić information content (AvgIpc) is 3.42. The van der Waals surface area contributed by atoms with Crippen LogP contribution in [-0.4, -0.2) is 47.7 Å². The molecule has 0 saturated heterocycles. The number of hydrogen-bond acceptors (Lipinski definition) is 4. The predicted molar refractivity (Wildman–Crippen MR) is 125 cm³/mol. The molecule has 0 amide bonds. The van der Waals surface area contributed by atoms with Gasteiger partial charge in [-0.2, -0.15) is 0 Å². The molecule has 5 heteroatoms. The van der Waals surface area contributed by atoms with E-state index in [0.717, 1.165) is 67.1 Å². The molecule has 1 heterocycles. The number of aryl methyl sites for hydroxylation is 1. The molecule has 3 atom stereocenters. The molecule has 2 aliphatic rings. The zero-order valence-corrected chi connectivity index (χ0v) is 19.2. The number of nitrogens with zero attached hydrogens (tertiary/aromatic N) is 2. The van der Waals surface area contributed by atoms with Crippen molar-refractivity contribution < 1.29 is 14.3 Å². The summed E-state index contributed by atoms with van der Waals surface area (Å²) >= 11 is 0. The number of methoxy groups -OCH3 is 1. The SMILES string of the molecule is C=CN(CCCn1cc(C(C)=O)c2ccc(OC)cc21)C1CC(OCC2CC2)CC1C. The average molecular weight is 425 g/mol. The maximum Gasteiger partial charge on any atom is 0.161 e. The van der Waals surface area contributed by atoms with Gasteiger partial charge in [0.15, 0.2) is 5.78 Å². The normalized spacial score (nSPS) is 23.3. The lowest BCUT2D eigenvalue weighted by atomic mass is 10.0. The van der Waals surface area contributed by atoms with Gasteiger partial charge in [0.25, 0.3) is 0 Å². The van der Waals surface area contributed by atoms with Gasteiger partial charge < -0.3 is 18.9 Å². The van der Waals surface area contributed by atoms with Crippen molar-refractivity contribution >= 4 is 16.7 Å². The van der Waals surface area contributed by atoms with E-state index < -0.39 is 0 Å². The number of Topliss-reactive ketones (excluding diaryl/α,β-unsaturated/α-hetero) is 1. The van der Waals surface area contributed by atoms with Crippen LogP contribution in [0.2, 0.25) is 0 Å². The minimum absolute atomic E-state index is 0.0960. The lowest BCUT2D eigenvalue weighted by Gasteiger charge is -2.30. The maximum atomic E-state index is 12.1. The largest absolute Gasteiger partial charge is 0.497 e. The molecular formula is C26H36N2O3. The smallest absolute Gasteiger partial charge is 0.161 e. The molecule has 2 aromatic rings. The van der Waals surface area contributed by atoms with Gasteiger partial charge in [-0.25, -0.2) is 0 Å². The van der Waals surface area contributed by atoms with Crippen molar-refractivity contribution in [3.8, 4) is 5.75 Å². The van der Waals surface area contributed by atoms with Crippen LogP contribution in [-0.2, 0) is 11.3 Å². The van der Waals surface area contributed by atoms with Gasteiger partial charge in [-0.3, -0.25) is 4.79 Å². The third-order valence-electron chi connectivity index (χ3n) is 7.01. The lowest BCUT2D eigenvalue weighted by Crippen LogP contribution is -2.34. The summed E-state index contributed by atoms with van der Waals surface area (Å²) in [5.41, 5.74) is 1.83. The van der Waals surface area contributed by atoms with Crippen molar-refractivity contribution in [1.82, 2.24) is 9.47 Å². The Kier molecular flexibility index (Phi) is 6.71. The molecular weight excluding hydrogens is 388 g/mol. The van der Waals surface area contributed by atoms with Crippen LogP contribution in [0.5, 0.6) is 5.75 Å². The van der Waals surface area contributed by atoms with Crippen LogP contribution in [0.25, 0.3) is 10.9 Å². The first-order valence-electron chi connectivity index (χ1n) is 11.7. The Bertz CT molecular complexity index is 930. The summed E-state index contributed by atoms with van der Waals surface area (Å²) in [6.07, 6.45) is 10.3. The summed E-state index contributed by atoms with van der Waals surface area (Å²) in [6.45, 7) is 10.8. The minimum atomic E-state index is 0.0960. The van der Waals surface area contributed by atoms with E-state index >= 15 is 0 Å². The molecule has 31 heavy (non-hydrogen) atoms. The van der Waals surface area contributed by atoms with Gasteiger partial charge in [0, 0.05) is 49.0 Å². The number of benzene rings is 1. The summed E-state index contributed by atoms with van der Waals surface area (Å²) < 4.78 is 13.8. The van der Waals surface area contributed by atoms with Crippen LogP contribution in [0.3, 0.4) is 0 Å². The molecule has 0 spiro atoms. The number of rotatable bonds is 11. The van der Waals surface area contributed by atoms with Crippen molar-refractivity contribution in [1.29, 1.82) is 0 Å². The summed E-state index contributed by atoms with van der Waals surface area (Å²) in [7, 11) is 1.67. The van der Waals surface area contributed by atoms with Gasteiger partial charge in [0.05, 0.1) is 18.7 Å². The highest BCUT2D eigenvalue weighted by Crippen LogP contribution is 2.35. The first-order chi connectivity index (χ1) is 15.0. The Balaban J connectivity index is 1.39. The van der Waals surface area contributed by atoms with Crippen molar-refractivity contribution in [2.24, 2.45) is 11.8 Å². The number of ketones is 1. The molecule has 0 bridgehead atoms. The van der Waals surface area contributed by atoms with E-state index in [1.165, 1.54) is 12.8 Å². The van der Waals surface area contributed by atoms with Gasteiger partial charge in [0.2, 0.25) is 0 Å². The fraction of sp³-hybridized carbons (Fsp3) is 0.577. The molecule has 2 aliphatic carbocycles. The van der Waals surface area contributed by atoms with Gasteiger partial charge in [0.1, 0.15) is 5.75 Å². The molecule has 3 unspecified atom stereocenters. The fourth-order valence-corrected chi connectivity index (χ4v) is 5.01. The third-order valence-corrected chi connectivity index (χ3v) is 7.01. The molecule has 0 aliphatic heterocycles. The molecule has 4 rings (SSSR count). The van der Waals surface area contributed by atoms with E-state index in [1.54, 1.807) is 14.0 Å². The molecule has 0 radical (unpaired) electrons. The molecule has 5 nitrogen and oxygen atoms in total. The second-order valence-corrected chi connectivity index (χ2v) is 9.36. The number of carbonyl (C=O) groups is 1. The van der Waals surface area contributed by atoms with E-state index in [0.29, 0.717) is 18.1 Å². The van der Waals surface area contributed by atoms with E-state index in [-0.39, 0.29) is 5.78 Å². The van der Waals surface area contributed by atoms with Crippen molar-refractivity contribution in [3.63, 3.8) is 0 Å². The van der Waals surface area contributed by atoms with Gasteiger partial charge >= 0.3 is 0 Å². The standard InChI is InChI=1S/C26H36N2O3/c1-5-27(25-15-22(13-18(25)2)31-17-20-7-8-20)11-6-12-28-16-24(19(3)29)23-10-9-21(30-4)14-26(23)28/h5,9-10,14,16,18,20,22,25H,1,6-8,11-13,15,17H2,2-4H3. The zero-order chi connectivity index (χ0) is 22.0. The minimum Gasteiger partial charge on any atom is -0.497 e. The summed E-state index contributed by atoms with van der Waals surface area (Å²) in [5, 5.41) is 0.994. The van der Waals surface area contributed by atoms with Gasteiger partial charge in [-0.05, 0) is 69.2 Å². The number of aromatic nitrogens is 1. The summed E-state index contributed by atoms with van der Waals surface area (Å²) in [6, 6.07) is 6.42. The molecule has 168 valence electrons. The molecule has 1 aromatic heterocycles. The van der Waals surface area contributed by atoms with Crippen molar-refractivity contribution in [3.05, 3.63) is 42.7 Å². The number of carbonyl (C=O) groups excluding carboxylic acids is 1. The quantitative estimate of drug-likeness (QED) is 0.460. The Morgan fingerprint density at radius 3 is 2.81 bits per heavy atom. The highest BCUT2D eigenvalue weighted by atomic mass is 16.5. The Hall–Kier alpha value is -2.27. The van der Waals surface area contributed by atoms with E-state index in [2.05, 4.69) is 23.0 Å². The van der Waals surface area contributed by atoms with Crippen LogP contribution in [0.1, 0.15) is 56.3 Å². The lowest BCUT2D eigenvalue weighted by molar-refractivity contribution is 0.0457. The first-order valence-corrected chi connectivity index (χ1v) is 11.7. The number of fused-ring (bicyclic) bond motifs is 1. The fourth-order valence-electron chi connectivity index (χ4n) is 5.01. The highest BCUT2D eigenvalue weighted by Gasteiger charge is 2.35.